The molecule has 1 heterocycles. The van der Waals surface area contributed by atoms with Crippen LogP contribution in [-0.4, -0.2) is 22.8 Å². The molecule has 0 saturated heterocycles. The summed E-state index contributed by atoms with van der Waals surface area (Å²) in [7, 11) is 0. The molecule has 2 aromatic rings. The molecule has 0 spiro atoms. The molecule has 1 aromatic heterocycles. The molecular weight excluding hydrogens is 278 g/mol. The summed E-state index contributed by atoms with van der Waals surface area (Å²) in [6.07, 6.45) is 2.12. The molecule has 1 aliphatic carbocycles. The molecule has 5 nitrogen and oxygen atoms in total. The Balaban J connectivity index is 1.65. The molecule has 1 fully saturated rings. The van der Waals surface area contributed by atoms with Crippen molar-refractivity contribution >= 4 is 17.5 Å². The van der Waals surface area contributed by atoms with Crippen LogP contribution in [0.25, 0.3) is 0 Å². The molecule has 0 bridgehead atoms. The lowest BCUT2D eigenvalue weighted by atomic mass is 10.2. The number of carbonyl (C=O) groups is 2. The lowest BCUT2D eigenvalue weighted by Gasteiger charge is -2.07. The van der Waals surface area contributed by atoms with Crippen molar-refractivity contribution in [2.45, 2.75) is 25.8 Å². The highest BCUT2D eigenvalue weighted by Gasteiger charge is 2.23. The molecule has 0 atom stereocenters. The van der Waals surface area contributed by atoms with Crippen molar-refractivity contribution in [2.75, 3.05) is 5.32 Å². The number of amides is 2. The second kappa shape index (κ2) is 5.97. The Morgan fingerprint density at radius 3 is 2.41 bits per heavy atom. The van der Waals surface area contributed by atoms with Gasteiger partial charge in [-0.25, -0.2) is 4.98 Å². The van der Waals surface area contributed by atoms with E-state index in [-0.39, 0.29) is 11.8 Å². The molecule has 2 amide bonds. The third kappa shape index (κ3) is 3.49. The second-order valence-electron chi connectivity index (χ2n) is 5.44. The number of nitrogens with one attached hydrogen (secondary N) is 2. The first-order valence-corrected chi connectivity index (χ1v) is 7.28. The number of pyridine rings is 1. The maximum Gasteiger partial charge on any atom is 0.274 e. The van der Waals surface area contributed by atoms with Gasteiger partial charge in [0.1, 0.15) is 5.69 Å². The van der Waals surface area contributed by atoms with Crippen LogP contribution in [0, 0.1) is 6.92 Å². The van der Waals surface area contributed by atoms with E-state index in [1.54, 1.807) is 36.4 Å². The molecule has 3 rings (SSSR count). The lowest BCUT2D eigenvalue weighted by Crippen LogP contribution is -2.25. The van der Waals surface area contributed by atoms with Gasteiger partial charge in [0.2, 0.25) is 0 Å². The van der Waals surface area contributed by atoms with Crippen LogP contribution in [0.4, 0.5) is 5.69 Å². The van der Waals surface area contributed by atoms with Crippen molar-refractivity contribution in [1.29, 1.82) is 0 Å². The van der Waals surface area contributed by atoms with Gasteiger partial charge in [-0.2, -0.15) is 0 Å². The first kappa shape index (κ1) is 14.3. The van der Waals surface area contributed by atoms with E-state index in [9.17, 15) is 9.59 Å². The topological polar surface area (TPSA) is 71.1 Å². The van der Waals surface area contributed by atoms with Gasteiger partial charge in [-0.15, -0.1) is 0 Å². The zero-order valence-electron chi connectivity index (χ0n) is 12.3. The predicted molar refractivity (Wildman–Crippen MR) is 83.9 cm³/mol. The fraction of sp³-hybridized carbons (Fsp3) is 0.235. The fourth-order valence-corrected chi connectivity index (χ4v) is 2.07. The number of hydrogen-bond acceptors (Lipinski definition) is 3. The van der Waals surface area contributed by atoms with Crippen LogP contribution in [0.3, 0.4) is 0 Å². The normalized spacial score (nSPS) is 13.5. The molecule has 112 valence electrons. The summed E-state index contributed by atoms with van der Waals surface area (Å²) >= 11 is 0. The van der Waals surface area contributed by atoms with Crippen LogP contribution in [0.15, 0.2) is 42.5 Å². The molecular formula is C17H17N3O2. The van der Waals surface area contributed by atoms with Crippen LogP contribution in [0.1, 0.15) is 39.4 Å². The number of carbonyl (C=O) groups excluding carboxylic acids is 2. The largest absolute Gasteiger partial charge is 0.349 e. The molecule has 2 N–H and O–H groups in total. The van der Waals surface area contributed by atoms with Gasteiger partial charge in [0.15, 0.2) is 0 Å². The van der Waals surface area contributed by atoms with E-state index < -0.39 is 0 Å². The van der Waals surface area contributed by atoms with Gasteiger partial charge in [-0.05, 0) is 56.2 Å². The maximum absolute atomic E-state index is 12.1. The molecule has 22 heavy (non-hydrogen) atoms. The van der Waals surface area contributed by atoms with Crippen molar-refractivity contribution < 1.29 is 9.59 Å². The average Bonchev–Trinajstić information content (AvgIpc) is 3.32. The number of hydrogen-bond donors (Lipinski definition) is 2. The summed E-state index contributed by atoms with van der Waals surface area (Å²) in [5.74, 6) is -0.334. The Hall–Kier alpha value is -2.69. The van der Waals surface area contributed by atoms with Crippen molar-refractivity contribution in [3.63, 3.8) is 0 Å². The van der Waals surface area contributed by atoms with E-state index in [0.717, 1.165) is 18.5 Å². The van der Waals surface area contributed by atoms with E-state index in [4.69, 9.17) is 0 Å². The maximum atomic E-state index is 12.1. The number of rotatable bonds is 4. The average molecular weight is 295 g/mol. The first-order chi connectivity index (χ1) is 10.6. The Labute approximate surface area is 128 Å². The molecule has 5 heteroatoms. The summed E-state index contributed by atoms with van der Waals surface area (Å²) in [5.41, 5.74) is 2.39. The van der Waals surface area contributed by atoms with Gasteiger partial charge in [-0.3, -0.25) is 9.59 Å². The number of aromatic nitrogens is 1. The van der Waals surface area contributed by atoms with Crippen molar-refractivity contribution in [1.82, 2.24) is 10.3 Å². The Kier molecular flexibility index (Phi) is 3.87. The Morgan fingerprint density at radius 1 is 1.05 bits per heavy atom. The molecule has 0 aliphatic heterocycles. The minimum atomic E-state index is -0.265. The minimum Gasteiger partial charge on any atom is -0.349 e. The number of nitrogens with zero attached hydrogens (tertiary/aromatic N) is 1. The Bertz CT molecular complexity index is 706. The highest BCUT2D eigenvalue weighted by molar-refractivity contribution is 6.03. The monoisotopic (exact) mass is 295 g/mol. The van der Waals surface area contributed by atoms with Gasteiger partial charge in [-0.1, -0.05) is 6.07 Å². The predicted octanol–water partition coefficient (Wildman–Crippen LogP) is 2.53. The van der Waals surface area contributed by atoms with Crippen molar-refractivity contribution in [3.8, 4) is 0 Å². The van der Waals surface area contributed by atoms with Gasteiger partial charge >= 0.3 is 0 Å². The standard InChI is InChI=1S/C17H17N3O2/c1-11-3-2-4-15(18-11)17(22)20-13-7-5-12(6-8-13)16(21)19-14-9-10-14/h2-8,14H,9-10H2,1H3,(H,19,21)(H,20,22). The van der Waals surface area contributed by atoms with Crippen molar-refractivity contribution in [2.24, 2.45) is 0 Å². The van der Waals surface area contributed by atoms with E-state index in [2.05, 4.69) is 15.6 Å². The zero-order chi connectivity index (χ0) is 15.5. The minimum absolute atomic E-state index is 0.0688. The van der Waals surface area contributed by atoms with Gasteiger partial charge in [0.25, 0.3) is 11.8 Å². The van der Waals surface area contributed by atoms with Crippen LogP contribution < -0.4 is 10.6 Å². The number of aryl methyl sites for hydroxylation is 1. The molecule has 0 unspecified atom stereocenters. The van der Waals surface area contributed by atoms with E-state index in [1.165, 1.54) is 0 Å². The van der Waals surface area contributed by atoms with Gasteiger partial charge in [0.05, 0.1) is 0 Å². The highest BCUT2D eigenvalue weighted by atomic mass is 16.2. The second-order valence-corrected chi connectivity index (χ2v) is 5.44. The number of benzene rings is 1. The van der Waals surface area contributed by atoms with Crippen LogP contribution in [0.2, 0.25) is 0 Å². The zero-order valence-corrected chi connectivity index (χ0v) is 12.3. The molecule has 1 saturated carbocycles. The third-order valence-corrected chi connectivity index (χ3v) is 3.44. The summed E-state index contributed by atoms with van der Waals surface area (Å²) < 4.78 is 0. The summed E-state index contributed by atoms with van der Waals surface area (Å²) in [6, 6.07) is 12.5. The molecule has 1 aromatic carbocycles. The summed E-state index contributed by atoms with van der Waals surface area (Å²) in [4.78, 5) is 28.1. The molecule has 0 radical (unpaired) electrons. The fourth-order valence-electron chi connectivity index (χ4n) is 2.07. The SMILES string of the molecule is Cc1cccc(C(=O)Nc2ccc(C(=O)NC3CC3)cc2)n1. The first-order valence-electron chi connectivity index (χ1n) is 7.28. The molecule has 1 aliphatic rings. The van der Waals surface area contributed by atoms with Gasteiger partial charge < -0.3 is 10.6 Å². The lowest BCUT2D eigenvalue weighted by molar-refractivity contribution is 0.0950. The van der Waals surface area contributed by atoms with E-state index in [0.29, 0.717) is 23.0 Å². The van der Waals surface area contributed by atoms with Gasteiger partial charge in [0, 0.05) is 23.0 Å². The number of anilines is 1. The smallest absolute Gasteiger partial charge is 0.274 e. The van der Waals surface area contributed by atoms with Crippen LogP contribution in [0.5, 0.6) is 0 Å². The summed E-state index contributed by atoms with van der Waals surface area (Å²) in [6.45, 7) is 1.84. The Morgan fingerprint density at radius 2 is 1.77 bits per heavy atom. The third-order valence-electron chi connectivity index (χ3n) is 3.44. The van der Waals surface area contributed by atoms with Crippen LogP contribution >= 0.6 is 0 Å². The van der Waals surface area contributed by atoms with Crippen molar-refractivity contribution in [3.05, 3.63) is 59.4 Å². The van der Waals surface area contributed by atoms with Crippen LogP contribution in [-0.2, 0) is 0 Å². The van der Waals surface area contributed by atoms with E-state index >= 15 is 0 Å². The quantitative estimate of drug-likeness (QED) is 0.910. The van der Waals surface area contributed by atoms with E-state index in [1.807, 2.05) is 13.0 Å². The highest BCUT2D eigenvalue weighted by Crippen LogP contribution is 2.19. The summed E-state index contributed by atoms with van der Waals surface area (Å²) in [5, 5.41) is 5.70.